The van der Waals surface area contributed by atoms with Gasteiger partial charge in [-0.3, -0.25) is 4.79 Å². The number of fused-ring (bicyclic) bond motifs is 1. The molecule has 0 saturated heterocycles. The maximum absolute atomic E-state index is 12.8. The molecule has 1 amide bonds. The van der Waals surface area contributed by atoms with E-state index in [1.54, 1.807) is 0 Å². The van der Waals surface area contributed by atoms with Gasteiger partial charge in [-0.25, -0.2) is 4.98 Å². The van der Waals surface area contributed by atoms with E-state index in [0.717, 1.165) is 33.7 Å². The second-order valence-electron chi connectivity index (χ2n) is 9.02. The highest BCUT2D eigenvalue weighted by molar-refractivity contribution is 7.99. The molecule has 3 aromatic carbocycles. The lowest BCUT2D eigenvalue weighted by molar-refractivity contribution is -0.113. The minimum absolute atomic E-state index is 0.105. The number of rotatable bonds is 8. The van der Waals surface area contributed by atoms with Crippen LogP contribution in [-0.4, -0.2) is 31.4 Å². The Balaban J connectivity index is 1.25. The van der Waals surface area contributed by atoms with Crippen molar-refractivity contribution in [3.8, 4) is 11.3 Å². The van der Waals surface area contributed by atoms with Crippen molar-refractivity contribution in [3.63, 3.8) is 0 Å². The molecule has 5 aromatic rings. The summed E-state index contributed by atoms with van der Waals surface area (Å²) in [5.41, 5.74) is 5.68. The number of aromatic nitrogens is 4. The Morgan fingerprint density at radius 1 is 1.00 bits per heavy atom. The molecule has 0 atom stereocenters. The number of thioether (sulfide) groups is 1. The molecule has 1 N–H and O–H groups in total. The molecule has 0 aliphatic carbocycles. The molecular formula is C29H29N5OS2. The number of benzene rings is 3. The van der Waals surface area contributed by atoms with Gasteiger partial charge >= 0.3 is 0 Å². The second kappa shape index (κ2) is 10.9. The molecule has 5 rings (SSSR count). The summed E-state index contributed by atoms with van der Waals surface area (Å²) in [6.07, 6.45) is 0.689. The van der Waals surface area contributed by atoms with E-state index < -0.39 is 0 Å². The minimum atomic E-state index is -0.105. The predicted molar refractivity (Wildman–Crippen MR) is 154 cm³/mol. The fraction of sp³-hybridized carbons (Fsp3) is 0.241. The summed E-state index contributed by atoms with van der Waals surface area (Å²) in [5.74, 6) is 1.03. The van der Waals surface area contributed by atoms with Crippen LogP contribution in [0.25, 0.3) is 22.0 Å². The largest absolute Gasteiger partial charge is 0.306 e. The van der Waals surface area contributed by atoms with Crippen molar-refractivity contribution in [2.24, 2.45) is 0 Å². The van der Waals surface area contributed by atoms with Crippen LogP contribution in [-0.2, 0) is 17.8 Å². The number of thiazole rings is 1. The van der Waals surface area contributed by atoms with Crippen LogP contribution < -0.4 is 5.32 Å². The van der Waals surface area contributed by atoms with Crippen molar-refractivity contribution in [2.45, 2.75) is 45.8 Å². The van der Waals surface area contributed by atoms with E-state index in [-0.39, 0.29) is 11.7 Å². The quantitative estimate of drug-likeness (QED) is 0.224. The maximum atomic E-state index is 12.8. The lowest BCUT2D eigenvalue weighted by atomic mass is 10.0. The van der Waals surface area contributed by atoms with Gasteiger partial charge in [0.1, 0.15) is 5.82 Å². The van der Waals surface area contributed by atoms with Gasteiger partial charge < -0.3 is 9.88 Å². The Morgan fingerprint density at radius 2 is 1.81 bits per heavy atom. The number of hydrogen-bond donors (Lipinski definition) is 1. The number of nitrogens with one attached hydrogen (secondary N) is 1. The fourth-order valence-corrected chi connectivity index (χ4v) is 6.06. The molecule has 8 heteroatoms. The van der Waals surface area contributed by atoms with Crippen molar-refractivity contribution in [1.82, 2.24) is 19.7 Å². The van der Waals surface area contributed by atoms with Gasteiger partial charge in [-0.2, -0.15) is 0 Å². The number of carbonyl (C=O) groups excluding carboxylic acids is 1. The van der Waals surface area contributed by atoms with E-state index in [1.165, 1.54) is 50.6 Å². The third-order valence-corrected chi connectivity index (χ3v) is 8.35. The predicted octanol–water partition coefficient (Wildman–Crippen LogP) is 6.82. The topological polar surface area (TPSA) is 72.7 Å². The SMILES string of the molecule is CCn1c(Cc2cccc3ccccc23)nnc1SCC(=O)Nc1nc(-c2ccc(C)c(C)c2)c(C)s1. The Labute approximate surface area is 225 Å². The van der Waals surface area contributed by atoms with Gasteiger partial charge in [0.05, 0.1) is 11.4 Å². The summed E-state index contributed by atoms with van der Waals surface area (Å²) < 4.78 is 2.09. The first-order valence-electron chi connectivity index (χ1n) is 12.3. The third kappa shape index (κ3) is 5.45. The number of amides is 1. The molecule has 0 unspecified atom stereocenters. The monoisotopic (exact) mass is 527 g/mol. The first-order valence-corrected chi connectivity index (χ1v) is 14.1. The molecule has 6 nitrogen and oxygen atoms in total. The Morgan fingerprint density at radius 3 is 2.62 bits per heavy atom. The molecule has 2 aromatic heterocycles. The number of nitrogens with zero attached hydrogens (tertiary/aromatic N) is 4. The average Bonchev–Trinajstić information content (AvgIpc) is 3.46. The molecule has 188 valence electrons. The van der Waals surface area contributed by atoms with Crippen molar-refractivity contribution in [3.05, 3.63) is 88.1 Å². The van der Waals surface area contributed by atoms with E-state index in [2.05, 4.69) is 102 Å². The first-order chi connectivity index (χ1) is 17.9. The zero-order chi connectivity index (χ0) is 25.9. The number of hydrogen-bond acceptors (Lipinski definition) is 6. The summed E-state index contributed by atoms with van der Waals surface area (Å²) in [5, 5.41) is 15.6. The fourth-order valence-electron chi connectivity index (χ4n) is 4.38. The van der Waals surface area contributed by atoms with Gasteiger partial charge in [-0.1, -0.05) is 66.4 Å². The van der Waals surface area contributed by atoms with Gasteiger partial charge in [-0.15, -0.1) is 21.5 Å². The van der Waals surface area contributed by atoms with Gasteiger partial charge in [-0.05, 0) is 61.2 Å². The van der Waals surface area contributed by atoms with Crippen LogP contribution in [0.5, 0.6) is 0 Å². The maximum Gasteiger partial charge on any atom is 0.236 e. The van der Waals surface area contributed by atoms with Crippen LogP contribution in [0.1, 0.15) is 34.3 Å². The van der Waals surface area contributed by atoms with Crippen LogP contribution in [0.2, 0.25) is 0 Å². The number of carbonyl (C=O) groups is 1. The molecule has 0 bridgehead atoms. The summed E-state index contributed by atoms with van der Waals surface area (Å²) in [6.45, 7) is 9.05. The highest BCUT2D eigenvalue weighted by Crippen LogP contribution is 2.31. The van der Waals surface area contributed by atoms with Gasteiger partial charge in [0.15, 0.2) is 10.3 Å². The Hall–Kier alpha value is -3.49. The minimum Gasteiger partial charge on any atom is -0.306 e. The van der Waals surface area contributed by atoms with Crippen LogP contribution in [0.3, 0.4) is 0 Å². The standard InChI is InChI=1S/C29H29N5OS2/c1-5-34-25(16-22-11-8-10-21-9-6-7-12-24(21)22)32-33-29(34)36-17-26(35)30-28-31-27(20(4)37-28)23-14-13-18(2)19(3)15-23/h6-15H,5,16-17H2,1-4H3,(H,30,31,35). The number of aryl methyl sites for hydroxylation is 3. The van der Waals surface area contributed by atoms with Gasteiger partial charge in [0.2, 0.25) is 5.91 Å². The Bertz CT molecular complexity index is 1580. The summed E-state index contributed by atoms with van der Waals surface area (Å²) >= 11 is 2.90. The van der Waals surface area contributed by atoms with E-state index in [0.29, 0.717) is 11.6 Å². The first kappa shape index (κ1) is 25.2. The van der Waals surface area contributed by atoms with E-state index in [9.17, 15) is 4.79 Å². The van der Waals surface area contributed by atoms with Gasteiger partial charge in [0, 0.05) is 23.4 Å². The van der Waals surface area contributed by atoms with Crippen molar-refractivity contribution in [2.75, 3.05) is 11.1 Å². The molecule has 0 saturated carbocycles. The van der Waals surface area contributed by atoms with Crippen LogP contribution in [0.4, 0.5) is 5.13 Å². The summed E-state index contributed by atoms with van der Waals surface area (Å²) in [6, 6.07) is 21.1. The lowest BCUT2D eigenvalue weighted by Gasteiger charge is -2.09. The molecule has 37 heavy (non-hydrogen) atoms. The normalized spacial score (nSPS) is 11.2. The summed E-state index contributed by atoms with van der Waals surface area (Å²) in [7, 11) is 0. The third-order valence-electron chi connectivity index (χ3n) is 6.49. The lowest BCUT2D eigenvalue weighted by Crippen LogP contribution is -2.14. The molecule has 0 radical (unpaired) electrons. The zero-order valence-electron chi connectivity index (χ0n) is 21.4. The molecule has 0 aliphatic rings. The van der Waals surface area contributed by atoms with Crippen molar-refractivity contribution < 1.29 is 4.79 Å². The van der Waals surface area contributed by atoms with Crippen molar-refractivity contribution >= 4 is 44.9 Å². The second-order valence-corrected chi connectivity index (χ2v) is 11.2. The van der Waals surface area contributed by atoms with Crippen molar-refractivity contribution in [1.29, 1.82) is 0 Å². The molecule has 0 spiro atoms. The summed E-state index contributed by atoms with van der Waals surface area (Å²) in [4.78, 5) is 18.5. The van der Waals surface area contributed by atoms with Gasteiger partial charge in [0.25, 0.3) is 0 Å². The zero-order valence-corrected chi connectivity index (χ0v) is 23.0. The van der Waals surface area contributed by atoms with E-state index >= 15 is 0 Å². The Kier molecular flexibility index (Phi) is 7.39. The highest BCUT2D eigenvalue weighted by Gasteiger charge is 2.16. The van der Waals surface area contributed by atoms with Crippen LogP contribution in [0.15, 0.2) is 65.8 Å². The highest BCUT2D eigenvalue weighted by atomic mass is 32.2. The van der Waals surface area contributed by atoms with Crippen LogP contribution in [0, 0.1) is 20.8 Å². The van der Waals surface area contributed by atoms with Crippen LogP contribution >= 0.6 is 23.1 Å². The average molecular weight is 528 g/mol. The van der Waals surface area contributed by atoms with E-state index in [1.807, 2.05) is 6.92 Å². The molecule has 0 fully saturated rings. The molecule has 2 heterocycles. The smallest absolute Gasteiger partial charge is 0.236 e. The molecular weight excluding hydrogens is 498 g/mol. The number of anilines is 1. The molecule has 0 aliphatic heterocycles. The van der Waals surface area contributed by atoms with E-state index in [4.69, 9.17) is 4.98 Å².